The molecule has 0 bridgehead atoms. The summed E-state index contributed by atoms with van der Waals surface area (Å²) in [7, 11) is 0. The number of aromatic nitrogens is 1. The van der Waals surface area contributed by atoms with Crippen LogP contribution in [0.4, 0.5) is 11.5 Å². The molecule has 0 aromatic carbocycles. The number of pyridine rings is 1. The first-order valence-electron chi connectivity index (χ1n) is 6.30. The number of anilines is 2. The molecule has 0 atom stereocenters. The minimum atomic E-state index is 0.0292. The fourth-order valence-corrected chi connectivity index (χ4v) is 2.17. The lowest BCUT2D eigenvalue weighted by molar-refractivity contribution is -0.119. The number of ether oxygens (including phenoxy) is 1. The monoisotopic (exact) mass is 249 g/mol. The second kappa shape index (κ2) is 5.82. The highest BCUT2D eigenvalue weighted by atomic mass is 16.5. The smallest absolute Gasteiger partial charge is 0.224 e. The molecule has 0 unspecified atom stereocenters. The first-order chi connectivity index (χ1) is 8.67. The third-order valence-electron chi connectivity index (χ3n) is 3.14. The average Bonchev–Trinajstić information content (AvgIpc) is 2.29. The Balaban J connectivity index is 1.72. The van der Waals surface area contributed by atoms with Crippen LogP contribution in [-0.2, 0) is 9.53 Å². The molecule has 0 aliphatic heterocycles. The molecule has 0 saturated heterocycles. The number of carbonyl (C=O) groups excluding carboxylic acids is 1. The molecular formula is C13H19N3O2. The van der Waals surface area contributed by atoms with Crippen molar-refractivity contribution in [2.45, 2.75) is 32.3 Å². The number of hydrogen-bond acceptors (Lipinski definition) is 4. The van der Waals surface area contributed by atoms with Crippen molar-refractivity contribution in [3.63, 3.8) is 0 Å². The van der Waals surface area contributed by atoms with Gasteiger partial charge in [0, 0.05) is 13.0 Å². The summed E-state index contributed by atoms with van der Waals surface area (Å²) in [5.41, 5.74) is 6.16. The molecule has 1 amide bonds. The van der Waals surface area contributed by atoms with Crippen LogP contribution < -0.4 is 11.1 Å². The van der Waals surface area contributed by atoms with E-state index in [1.54, 1.807) is 18.3 Å². The zero-order valence-electron chi connectivity index (χ0n) is 10.6. The van der Waals surface area contributed by atoms with Gasteiger partial charge in [-0.25, -0.2) is 4.98 Å². The van der Waals surface area contributed by atoms with E-state index in [-0.39, 0.29) is 5.91 Å². The van der Waals surface area contributed by atoms with Gasteiger partial charge >= 0.3 is 0 Å². The van der Waals surface area contributed by atoms with Gasteiger partial charge in [-0.1, -0.05) is 0 Å². The van der Waals surface area contributed by atoms with Gasteiger partial charge in [-0.15, -0.1) is 0 Å². The topological polar surface area (TPSA) is 77.2 Å². The molecule has 0 radical (unpaired) electrons. The van der Waals surface area contributed by atoms with Gasteiger partial charge in [-0.3, -0.25) is 4.79 Å². The van der Waals surface area contributed by atoms with Crippen molar-refractivity contribution in [1.29, 1.82) is 0 Å². The van der Waals surface area contributed by atoms with E-state index >= 15 is 0 Å². The van der Waals surface area contributed by atoms with Crippen molar-refractivity contribution >= 4 is 17.4 Å². The van der Waals surface area contributed by atoms with Gasteiger partial charge in [0.15, 0.2) is 0 Å². The normalized spacial score (nSPS) is 22.3. The van der Waals surface area contributed by atoms with E-state index in [4.69, 9.17) is 10.5 Å². The Labute approximate surface area is 107 Å². The van der Waals surface area contributed by atoms with Crippen molar-refractivity contribution < 1.29 is 9.53 Å². The first-order valence-corrected chi connectivity index (χ1v) is 6.30. The maximum atomic E-state index is 11.8. The van der Waals surface area contributed by atoms with E-state index in [1.807, 2.05) is 6.92 Å². The van der Waals surface area contributed by atoms with E-state index in [0.717, 1.165) is 19.4 Å². The number of nitrogens with one attached hydrogen (secondary N) is 1. The number of carbonyl (C=O) groups is 1. The zero-order valence-corrected chi connectivity index (χ0v) is 10.6. The molecule has 5 nitrogen and oxygen atoms in total. The Morgan fingerprint density at radius 2 is 2.33 bits per heavy atom. The number of nitrogen functional groups attached to an aromatic ring is 1. The first kappa shape index (κ1) is 12.8. The van der Waals surface area contributed by atoms with Crippen LogP contribution in [0.2, 0.25) is 0 Å². The van der Waals surface area contributed by atoms with E-state index < -0.39 is 0 Å². The Morgan fingerprint density at radius 1 is 1.56 bits per heavy atom. The third-order valence-corrected chi connectivity index (χ3v) is 3.14. The van der Waals surface area contributed by atoms with E-state index in [2.05, 4.69) is 10.3 Å². The molecule has 98 valence electrons. The van der Waals surface area contributed by atoms with E-state index in [1.165, 1.54) is 0 Å². The molecule has 1 aliphatic rings. The van der Waals surface area contributed by atoms with Crippen LogP contribution >= 0.6 is 0 Å². The Bertz CT molecular complexity index is 399. The highest BCUT2D eigenvalue weighted by Crippen LogP contribution is 2.32. The van der Waals surface area contributed by atoms with Crippen LogP contribution in [0.15, 0.2) is 18.3 Å². The molecule has 18 heavy (non-hydrogen) atoms. The maximum absolute atomic E-state index is 11.8. The Morgan fingerprint density at radius 3 is 2.94 bits per heavy atom. The van der Waals surface area contributed by atoms with Crippen LogP contribution in [0, 0.1) is 5.92 Å². The molecule has 1 aliphatic carbocycles. The van der Waals surface area contributed by atoms with Crippen molar-refractivity contribution in [2.75, 3.05) is 17.7 Å². The largest absolute Gasteiger partial charge is 0.384 e. The van der Waals surface area contributed by atoms with Gasteiger partial charge in [0.25, 0.3) is 0 Å². The molecule has 1 aromatic rings. The van der Waals surface area contributed by atoms with Crippen molar-refractivity contribution in [1.82, 2.24) is 4.98 Å². The van der Waals surface area contributed by atoms with Crippen LogP contribution in [0.5, 0.6) is 0 Å². The second-order valence-electron chi connectivity index (χ2n) is 4.64. The molecule has 1 saturated carbocycles. The highest BCUT2D eigenvalue weighted by Gasteiger charge is 2.30. The minimum absolute atomic E-state index is 0.0292. The summed E-state index contributed by atoms with van der Waals surface area (Å²) in [6, 6.07) is 3.42. The lowest BCUT2D eigenvalue weighted by atomic mass is 9.80. The maximum Gasteiger partial charge on any atom is 0.224 e. The number of amides is 1. The van der Waals surface area contributed by atoms with Gasteiger partial charge in [0.2, 0.25) is 5.91 Å². The molecule has 1 aromatic heterocycles. The summed E-state index contributed by atoms with van der Waals surface area (Å²) in [6.07, 6.45) is 4.44. The quantitative estimate of drug-likeness (QED) is 0.834. The van der Waals surface area contributed by atoms with Crippen molar-refractivity contribution in [2.24, 2.45) is 5.92 Å². The lowest BCUT2D eigenvalue weighted by Gasteiger charge is -2.34. The summed E-state index contributed by atoms with van der Waals surface area (Å²) in [6.45, 7) is 2.74. The highest BCUT2D eigenvalue weighted by molar-refractivity contribution is 5.90. The summed E-state index contributed by atoms with van der Waals surface area (Å²) in [5.74, 6) is 0.927. The zero-order chi connectivity index (χ0) is 13.0. The average molecular weight is 249 g/mol. The standard InChI is InChI=1S/C13H19N3O2/c1-2-18-11-5-9(6-11)7-13(17)16-10-3-4-12(14)15-8-10/h3-4,8-9,11H,2,5-7H2,1H3,(H2,14,15)(H,16,17). The molecule has 1 fully saturated rings. The fourth-order valence-electron chi connectivity index (χ4n) is 2.17. The number of hydrogen-bond donors (Lipinski definition) is 2. The summed E-state index contributed by atoms with van der Waals surface area (Å²) in [4.78, 5) is 15.7. The molecule has 3 N–H and O–H groups in total. The summed E-state index contributed by atoms with van der Waals surface area (Å²) in [5, 5.41) is 2.82. The number of nitrogens with two attached hydrogens (primary N) is 1. The lowest BCUT2D eigenvalue weighted by Crippen LogP contribution is -2.33. The van der Waals surface area contributed by atoms with Crippen LogP contribution in [-0.4, -0.2) is 23.6 Å². The number of nitrogens with zero attached hydrogens (tertiary/aromatic N) is 1. The van der Waals surface area contributed by atoms with Crippen LogP contribution in [0.25, 0.3) is 0 Å². The van der Waals surface area contributed by atoms with Crippen LogP contribution in [0.1, 0.15) is 26.2 Å². The Kier molecular flexibility index (Phi) is 4.15. The molecular weight excluding hydrogens is 230 g/mol. The molecule has 0 spiro atoms. The fraction of sp³-hybridized carbons (Fsp3) is 0.538. The predicted molar refractivity (Wildman–Crippen MR) is 70.0 cm³/mol. The van der Waals surface area contributed by atoms with Gasteiger partial charge in [-0.05, 0) is 37.8 Å². The molecule has 1 heterocycles. The minimum Gasteiger partial charge on any atom is -0.384 e. The van der Waals surface area contributed by atoms with E-state index in [9.17, 15) is 4.79 Å². The second-order valence-corrected chi connectivity index (χ2v) is 4.64. The number of rotatable bonds is 5. The van der Waals surface area contributed by atoms with Gasteiger partial charge in [0.05, 0.1) is 18.0 Å². The predicted octanol–water partition coefficient (Wildman–Crippen LogP) is 1.81. The van der Waals surface area contributed by atoms with Crippen molar-refractivity contribution in [3.8, 4) is 0 Å². The van der Waals surface area contributed by atoms with Crippen LogP contribution in [0.3, 0.4) is 0 Å². The molecule has 5 heteroatoms. The third kappa shape index (κ3) is 3.43. The summed E-state index contributed by atoms with van der Waals surface area (Å²) >= 11 is 0. The van der Waals surface area contributed by atoms with Crippen molar-refractivity contribution in [3.05, 3.63) is 18.3 Å². The Hall–Kier alpha value is -1.62. The van der Waals surface area contributed by atoms with E-state index in [0.29, 0.717) is 29.9 Å². The SMILES string of the molecule is CCOC1CC(CC(=O)Nc2ccc(N)nc2)C1. The van der Waals surface area contributed by atoms with Gasteiger partial charge in [-0.2, -0.15) is 0 Å². The van der Waals surface area contributed by atoms with Gasteiger partial charge in [0.1, 0.15) is 5.82 Å². The summed E-state index contributed by atoms with van der Waals surface area (Å²) < 4.78 is 5.47. The van der Waals surface area contributed by atoms with Gasteiger partial charge < -0.3 is 15.8 Å². The molecule has 2 rings (SSSR count).